The zero-order chi connectivity index (χ0) is 9.12. The normalized spacial score (nSPS) is 13.5. The molecule has 0 amide bonds. The van der Waals surface area contributed by atoms with Gasteiger partial charge in [0.25, 0.3) is 0 Å². The van der Waals surface area contributed by atoms with E-state index in [9.17, 15) is 13.0 Å². The molecule has 0 rings (SSSR count). The highest BCUT2D eigenvalue weighted by atomic mass is 32.2. The number of rotatable bonds is 4. The van der Waals surface area contributed by atoms with E-state index in [4.69, 9.17) is 0 Å². The Morgan fingerprint density at radius 2 is 1.82 bits per heavy atom. The largest absolute Gasteiger partial charge is 0.748 e. The maximum absolute atomic E-state index is 10.2. The lowest BCUT2D eigenvalue weighted by molar-refractivity contribution is -0.886. The van der Waals surface area contributed by atoms with Crippen molar-refractivity contribution in [2.75, 3.05) is 32.9 Å². The van der Waals surface area contributed by atoms with E-state index in [0.717, 1.165) is 6.54 Å². The van der Waals surface area contributed by atoms with Crippen molar-refractivity contribution in [2.24, 2.45) is 0 Å². The van der Waals surface area contributed by atoms with Crippen molar-refractivity contribution in [3.8, 4) is 0 Å². The van der Waals surface area contributed by atoms with Gasteiger partial charge in [-0.2, -0.15) is 0 Å². The summed E-state index contributed by atoms with van der Waals surface area (Å²) in [5.41, 5.74) is 0. The molecule has 0 aliphatic carbocycles. The lowest BCUT2D eigenvalue weighted by Gasteiger charge is -2.28. The fraction of sp³-hybridized carbons (Fsp3) is 1.00. The summed E-state index contributed by atoms with van der Waals surface area (Å²) in [5, 5.41) is 0. The molecule has 0 bridgehead atoms. The summed E-state index contributed by atoms with van der Waals surface area (Å²) in [4.78, 5) is 0. The Hall–Kier alpha value is -0.130. The average molecular weight is 181 g/mol. The van der Waals surface area contributed by atoms with E-state index in [0.29, 0.717) is 11.0 Å². The molecule has 4 nitrogen and oxygen atoms in total. The Balaban J connectivity index is 3.90. The van der Waals surface area contributed by atoms with Gasteiger partial charge < -0.3 is 9.04 Å². The van der Waals surface area contributed by atoms with Crippen LogP contribution >= 0.6 is 0 Å². The minimum atomic E-state index is -4.03. The molecule has 11 heavy (non-hydrogen) atoms. The molecular formula is C6H15NO3S. The number of quaternary nitrogens is 1. The van der Waals surface area contributed by atoms with Gasteiger partial charge in [0.15, 0.2) is 0 Å². The first-order valence-corrected chi connectivity index (χ1v) is 5.10. The van der Waals surface area contributed by atoms with Gasteiger partial charge in [-0.1, -0.05) is 0 Å². The third kappa shape index (κ3) is 6.28. The summed E-state index contributed by atoms with van der Waals surface area (Å²) in [6, 6.07) is 0. The van der Waals surface area contributed by atoms with E-state index in [-0.39, 0.29) is 5.75 Å². The van der Waals surface area contributed by atoms with E-state index < -0.39 is 10.1 Å². The Labute approximate surface area is 68.2 Å². The molecule has 0 unspecified atom stereocenters. The summed E-state index contributed by atoms with van der Waals surface area (Å²) in [5.74, 6) is -0.270. The molecule has 5 heteroatoms. The summed E-state index contributed by atoms with van der Waals surface area (Å²) < 4.78 is 31.3. The third-order valence-electron chi connectivity index (χ3n) is 1.80. The molecule has 0 N–H and O–H groups in total. The van der Waals surface area contributed by atoms with Crippen molar-refractivity contribution < 1.29 is 17.5 Å². The van der Waals surface area contributed by atoms with Gasteiger partial charge in [0.1, 0.15) is 10.1 Å². The van der Waals surface area contributed by atoms with Crippen LogP contribution in [-0.2, 0) is 10.1 Å². The zero-order valence-corrected chi connectivity index (χ0v) is 8.02. The lowest BCUT2D eigenvalue weighted by Crippen LogP contribution is -2.42. The van der Waals surface area contributed by atoms with Crippen molar-refractivity contribution in [3.63, 3.8) is 0 Å². The van der Waals surface area contributed by atoms with Gasteiger partial charge in [0.05, 0.1) is 32.9 Å². The van der Waals surface area contributed by atoms with Crippen LogP contribution in [0.2, 0.25) is 0 Å². The smallest absolute Gasteiger partial charge is 0.100 e. The Bertz CT molecular complexity index is 208. The van der Waals surface area contributed by atoms with E-state index in [1.807, 2.05) is 21.0 Å². The van der Waals surface area contributed by atoms with Crippen LogP contribution in [0.15, 0.2) is 0 Å². The number of hydrogen-bond donors (Lipinski definition) is 0. The average Bonchev–Trinajstić information content (AvgIpc) is 1.83. The van der Waals surface area contributed by atoms with Crippen LogP contribution in [0.5, 0.6) is 0 Å². The minimum absolute atomic E-state index is 0.270. The summed E-state index contributed by atoms with van der Waals surface area (Å²) >= 11 is 0. The maximum Gasteiger partial charge on any atom is 0.100 e. The summed E-state index contributed by atoms with van der Waals surface area (Å²) in [7, 11) is -0.245. The molecule has 0 aliphatic heterocycles. The van der Waals surface area contributed by atoms with Crippen LogP contribution in [0.4, 0.5) is 0 Å². The molecule has 0 aromatic carbocycles. The second-order valence-corrected chi connectivity index (χ2v) is 4.76. The second-order valence-electron chi connectivity index (χ2n) is 3.24. The molecule has 0 spiro atoms. The van der Waals surface area contributed by atoms with Gasteiger partial charge in [-0.15, -0.1) is 0 Å². The van der Waals surface area contributed by atoms with Gasteiger partial charge in [0.2, 0.25) is 0 Å². The Morgan fingerprint density at radius 1 is 1.36 bits per heavy atom. The summed E-state index contributed by atoms with van der Waals surface area (Å²) in [6.07, 6.45) is 0. The first-order chi connectivity index (χ1) is 4.77. The highest BCUT2D eigenvalue weighted by Gasteiger charge is 2.12. The molecule has 0 aliphatic rings. The highest BCUT2D eigenvalue weighted by Crippen LogP contribution is 1.96. The first-order valence-electron chi connectivity index (χ1n) is 3.52. The molecule has 0 fully saturated rings. The van der Waals surface area contributed by atoms with Crippen molar-refractivity contribution in [1.29, 1.82) is 0 Å². The standard InChI is InChI=1S/C6H15NO3S/c1-4-7(2,3)5-6-11(8,9)10/h4-6H2,1-3H3. The topological polar surface area (TPSA) is 57.2 Å². The summed E-state index contributed by atoms with van der Waals surface area (Å²) in [6.45, 7) is 3.18. The molecule has 0 aromatic rings. The fourth-order valence-electron chi connectivity index (χ4n) is 0.517. The van der Waals surface area contributed by atoms with E-state index in [1.165, 1.54) is 0 Å². The van der Waals surface area contributed by atoms with Gasteiger partial charge in [-0.05, 0) is 6.92 Å². The van der Waals surface area contributed by atoms with E-state index in [1.54, 1.807) is 0 Å². The van der Waals surface area contributed by atoms with Crippen LogP contribution in [-0.4, -0.2) is 50.4 Å². The lowest BCUT2D eigenvalue weighted by atomic mass is 10.5. The molecular weight excluding hydrogens is 166 g/mol. The predicted octanol–water partition coefficient (Wildman–Crippen LogP) is -0.372. The quantitative estimate of drug-likeness (QED) is 0.439. The van der Waals surface area contributed by atoms with Crippen LogP contribution in [0.25, 0.3) is 0 Å². The maximum atomic E-state index is 10.2. The number of hydrogen-bond acceptors (Lipinski definition) is 3. The van der Waals surface area contributed by atoms with Crippen LogP contribution in [0.3, 0.4) is 0 Å². The van der Waals surface area contributed by atoms with E-state index >= 15 is 0 Å². The van der Waals surface area contributed by atoms with Crippen molar-refractivity contribution >= 4 is 10.1 Å². The SMILES string of the molecule is CC[N+](C)(C)CCS(=O)(=O)[O-]. The molecule has 0 atom stereocenters. The first kappa shape index (κ1) is 10.9. The second kappa shape index (κ2) is 3.51. The zero-order valence-electron chi connectivity index (χ0n) is 7.20. The minimum Gasteiger partial charge on any atom is -0.748 e. The van der Waals surface area contributed by atoms with Crippen molar-refractivity contribution in [2.45, 2.75) is 6.92 Å². The predicted molar refractivity (Wildman–Crippen MR) is 42.1 cm³/mol. The Morgan fingerprint density at radius 3 is 2.09 bits per heavy atom. The third-order valence-corrected chi connectivity index (χ3v) is 2.49. The van der Waals surface area contributed by atoms with Crippen molar-refractivity contribution in [3.05, 3.63) is 0 Å². The molecule has 0 saturated heterocycles. The molecule has 68 valence electrons. The number of nitrogens with zero attached hydrogens (tertiary/aromatic N) is 1. The monoisotopic (exact) mass is 181 g/mol. The van der Waals surface area contributed by atoms with Crippen LogP contribution < -0.4 is 0 Å². The van der Waals surface area contributed by atoms with Crippen LogP contribution in [0.1, 0.15) is 6.92 Å². The van der Waals surface area contributed by atoms with Crippen molar-refractivity contribution in [1.82, 2.24) is 0 Å². The van der Waals surface area contributed by atoms with Gasteiger partial charge in [-0.25, -0.2) is 8.42 Å². The van der Waals surface area contributed by atoms with Gasteiger partial charge in [-0.3, -0.25) is 0 Å². The molecule has 0 aromatic heterocycles. The fourth-order valence-corrected chi connectivity index (χ4v) is 1.23. The highest BCUT2D eigenvalue weighted by molar-refractivity contribution is 7.85. The molecule has 0 heterocycles. The van der Waals surface area contributed by atoms with Gasteiger partial charge in [0, 0.05) is 0 Å². The van der Waals surface area contributed by atoms with E-state index in [2.05, 4.69) is 0 Å². The molecule has 0 radical (unpaired) electrons. The Kier molecular flexibility index (Phi) is 3.47. The molecule has 0 saturated carbocycles. The van der Waals surface area contributed by atoms with Gasteiger partial charge >= 0.3 is 0 Å². The van der Waals surface area contributed by atoms with Crippen LogP contribution in [0, 0.1) is 0 Å².